The van der Waals surface area contributed by atoms with E-state index in [1.807, 2.05) is 25.1 Å². The Kier molecular flexibility index (Phi) is 5.87. The van der Waals surface area contributed by atoms with E-state index in [0.29, 0.717) is 6.42 Å². The summed E-state index contributed by atoms with van der Waals surface area (Å²) in [6, 6.07) is 5.93. The van der Waals surface area contributed by atoms with Gasteiger partial charge in [0.25, 0.3) is 0 Å². The maximum Gasteiger partial charge on any atom is 0.240 e. The van der Waals surface area contributed by atoms with Crippen LogP contribution < -0.4 is 11.1 Å². The van der Waals surface area contributed by atoms with Crippen LogP contribution in [0.5, 0.6) is 0 Å². The predicted molar refractivity (Wildman–Crippen MR) is 85.4 cm³/mol. The Morgan fingerprint density at radius 3 is 2.90 bits per heavy atom. The van der Waals surface area contributed by atoms with Crippen LogP contribution in [-0.4, -0.2) is 11.4 Å². The molecule has 0 heterocycles. The van der Waals surface area contributed by atoms with Gasteiger partial charge in [0.15, 0.2) is 0 Å². The van der Waals surface area contributed by atoms with Gasteiger partial charge in [-0.3, -0.25) is 4.79 Å². The molecule has 5 heteroatoms. The van der Waals surface area contributed by atoms with Crippen LogP contribution in [0.2, 0.25) is 5.02 Å². The summed E-state index contributed by atoms with van der Waals surface area (Å²) in [4.78, 5) is 12.2. The molecule has 2 atom stereocenters. The van der Waals surface area contributed by atoms with Crippen LogP contribution in [-0.2, 0) is 11.2 Å². The van der Waals surface area contributed by atoms with Crippen molar-refractivity contribution < 1.29 is 4.79 Å². The number of halogens is 2. The first-order valence-electron chi connectivity index (χ1n) is 6.82. The van der Waals surface area contributed by atoms with Gasteiger partial charge in [0.1, 0.15) is 0 Å². The molecule has 1 aliphatic rings. The Hall–Kier alpha value is -0.770. The summed E-state index contributed by atoms with van der Waals surface area (Å²) in [5, 5.41) is 3.82. The normalized spacial score (nSPS) is 19.7. The number of fused-ring (bicyclic) bond motifs is 1. The minimum Gasteiger partial charge on any atom is -0.348 e. The van der Waals surface area contributed by atoms with Gasteiger partial charge >= 0.3 is 0 Å². The molecule has 1 aromatic rings. The third-order valence-electron chi connectivity index (χ3n) is 3.78. The summed E-state index contributed by atoms with van der Waals surface area (Å²) in [6.45, 7) is 3.83. The zero-order valence-electron chi connectivity index (χ0n) is 11.9. The van der Waals surface area contributed by atoms with Crippen LogP contribution in [0.1, 0.15) is 50.3 Å². The third kappa shape index (κ3) is 3.66. The standard InChI is InChI=1S/C15H21ClN2O.ClH/c1-3-8-15(2,17)14(19)18-13-7-4-10-9-11(16)5-6-12(10)13;/h5-6,9,13H,3-4,7-8,17H2,1-2H3,(H,18,19);1H. The van der Waals surface area contributed by atoms with Gasteiger partial charge in [-0.1, -0.05) is 31.0 Å². The average molecular weight is 317 g/mol. The summed E-state index contributed by atoms with van der Waals surface area (Å²) in [7, 11) is 0. The van der Waals surface area contributed by atoms with Gasteiger partial charge in [-0.25, -0.2) is 0 Å². The first kappa shape index (κ1) is 17.3. The van der Waals surface area contributed by atoms with Crippen molar-refractivity contribution in [1.29, 1.82) is 0 Å². The van der Waals surface area contributed by atoms with Crippen molar-refractivity contribution in [2.45, 2.75) is 51.1 Å². The quantitative estimate of drug-likeness (QED) is 0.894. The van der Waals surface area contributed by atoms with Crippen molar-refractivity contribution >= 4 is 29.9 Å². The molecule has 0 saturated heterocycles. The monoisotopic (exact) mass is 316 g/mol. The molecule has 1 amide bonds. The number of amides is 1. The molecule has 0 fully saturated rings. The number of rotatable bonds is 4. The summed E-state index contributed by atoms with van der Waals surface area (Å²) in [6.07, 6.45) is 3.47. The summed E-state index contributed by atoms with van der Waals surface area (Å²) < 4.78 is 0. The van der Waals surface area contributed by atoms with Crippen molar-refractivity contribution in [2.24, 2.45) is 5.73 Å². The Labute approximate surface area is 131 Å². The molecule has 0 spiro atoms. The topological polar surface area (TPSA) is 55.1 Å². The lowest BCUT2D eigenvalue weighted by Gasteiger charge is -2.25. The maximum absolute atomic E-state index is 12.2. The lowest BCUT2D eigenvalue weighted by molar-refractivity contribution is -0.126. The van der Waals surface area contributed by atoms with Crippen LogP contribution in [0, 0.1) is 0 Å². The van der Waals surface area contributed by atoms with E-state index in [1.165, 1.54) is 11.1 Å². The smallest absolute Gasteiger partial charge is 0.240 e. The molecule has 3 nitrogen and oxygen atoms in total. The molecule has 0 aliphatic heterocycles. The lowest BCUT2D eigenvalue weighted by atomic mass is 9.95. The molecule has 3 N–H and O–H groups in total. The molecule has 0 bridgehead atoms. The number of benzene rings is 1. The van der Waals surface area contributed by atoms with Crippen LogP contribution in [0.25, 0.3) is 0 Å². The number of aryl methyl sites for hydroxylation is 1. The van der Waals surface area contributed by atoms with Crippen molar-refractivity contribution in [3.05, 3.63) is 34.3 Å². The minimum absolute atomic E-state index is 0. The molecule has 2 rings (SSSR count). The van der Waals surface area contributed by atoms with Gasteiger partial charge in [-0.15, -0.1) is 12.4 Å². The Bertz CT molecular complexity index is 489. The highest BCUT2D eigenvalue weighted by Crippen LogP contribution is 2.33. The third-order valence-corrected chi connectivity index (χ3v) is 4.01. The van der Waals surface area contributed by atoms with Gasteiger partial charge in [-0.05, 0) is 49.4 Å². The van der Waals surface area contributed by atoms with Gasteiger partial charge in [-0.2, -0.15) is 0 Å². The van der Waals surface area contributed by atoms with Gasteiger partial charge in [0.05, 0.1) is 11.6 Å². The Morgan fingerprint density at radius 1 is 1.55 bits per heavy atom. The molecule has 112 valence electrons. The number of nitrogens with two attached hydrogens (primary N) is 1. The van der Waals surface area contributed by atoms with Crippen molar-refractivity contribution in [3.8, 4) is 0 Å². The number of carbonyl (C=O) groups is 1. The zero-order valence-corrected chi connectivity index (χ0v) is 13.5. The largest absolute Gasteiger partial charge is 0.348 e. The molecule has 2 unspecified atom stereocenters. The predicted octanol–water partition coefficient (Wildman–Crippen LogP) is 3.38. The van der Waals surface area contributed by atoms with E-state index >= 15 is 0 Å². The Balaban J connectivity index is 0.00000200. The molecule has 20 heavy (non-hydrogen) atoms. The number of nitrogens with one attached hydrogen (secondary N) is 1. The summed E-state index contributed by atoms with van der Waals surface area (Å²) in [5.41, 5.74) is 7.67. The summed E-state index contributed by atoms with van der Waals surface area (Å²) in [5.74, 6) is -0.0675. The highest BCUT2D eigenvalue weighted by Gasteiger charge is 2.31. The number of hydrogen-bond donors (Lipinski definition) is 2. The van der Waals surface area contributed by atoms with E-state index in [2.05, 4.69) is 5.32 Å². The van der Waals surface area contributed by atoms with Crippen molar-refractivity contribution in [1.82, 2.24) is 5.32 Å². The van der Waals surface area contributed by atoms with Gasteiger partial charge < -0.3 is 11.1 Å². The van der Waals surface area contributed by atoms with E-state index in [9.17, 15) is 4.79 Å². The SMILES string of the molecule is CCCC(C)(N)C(=O)NC1CCc2cc(Cl)ccc21.Cl. The fourth-order valence-electron chi connectivity index (χ4n) is 2.69. The van der Waals surface area contributed by atoms with E-state index < -0.39 is 5.54 Å². The van der Waals surface area contributed by atoms with E-state index in [4.69, 9.17) is 17.3 Å². The number of hydrogen-bond acceptors (Lipinski definition) is 2. The molecule has 0 aromatic heterocycles. The minimum atomic E-state index is -0.788. The molecule has 1 aromatic carbocycles. The zero-order chi connectivity index (χ0) is 14.0. The van der Waals surface area contributed by atoms with E-state index in [-0.39, 0.29) is 24.4 Å². The second kappa shape index (κ2) is 6.79. The first-order valence-corrected chi connectivity index (χ1v) is 7.20. The van der Waals surface area contributed by atoms with Crippen LogP contribution in [0.4, 0.5) is 0 Å². The second-order valence-electron chi connectivity index (χ2n) is 5.58. The summed E-state index contributed by atoms with van der Waals surface area (Å²) >= 11 is 5.98. The molecular formula is C15H22Cl2N2O. The molecule has 1 aliphatic carbocycles. The fourth-order valence-corrected chi connectivity index (χ4v) is 2.89. The van der Waals surface area contributed by atoms with E-state index in [1.54, 1.807) is 6.92 Å². The first-order chi connectivity index (χ1) is 8.94. The van der Waals surface area contributed by atoms with Crippen LogP contribution >= 0.6 is 24.0 Å². The van der Waals surface area contributed by atoms with Gasteiger partial charge in [0.2, 0.25) is 5.91 Å². The lowest BCUT2D eigenvalue weighted by Crippen LogP contribution is -2.52. The Morgan fingerprint density at radius 2 is 2.25 bits per heavy atom. The number of carbonyl (C=O) groups excluding carboxylic acids is 1. The molecule has 0 radical (unpaired) electrons. The van der Waals surface area contributed by atoms with Crippen LogP contribution in [0.3, 0.4) is 0 Å². The van der Waals surface area contributed by atoms with Crippen molar-refractivity contribution in [3.63, 3.8) is 0 Å². The maximum atomic E-state index is 12.2. The molecule has 0 saturated carbocycles. The average Bonchev–Trinajstić information content (AvgIpc) is 2.71. The highest BCUT2D eigenvalue weighted by molar-refractivity contribution is 6.30. The highest BCUT2D eigenvalue weighted by atomic mass is 35.5. The van der Waals surface area contributed by atoms with Crippen LogP contribution in [0.15, 0.2) is 18.2 Å². The van der Waals surface area contributed by atoms with Crippen molar-refractivity contribution in [2.75, 3.05) is 0 Å². The van der Waals surface area contributed by atoms with Gasteiger partial charge in [0, 0.05) is 5.02 Å². The molecular weight excluding hydrogens is 295 g/mol. The second-order valence-corrected chi connectivity index (χ2v) is 6.01. The fraction of sp³-hybridized carbons (Fsp3) is 0.533. The van der Waals surface area contributed by atoms with E-state index in [0.717, 1.165) is 24.3 Å².